The molecule has 1 nitrogen and oxygen atoms in total. The van der Waals surface area contributed by atoms with Crippen LogP contribution in [-0.4, -0.2) is 11.0 Å². The van der Waals surface area contributed by atoms with Gasteiger partial charge in [-0.2, -0.15) is 17.0 Å². The molecule has 13 heavy (non-hydrogen) atoms. The Hall–Kier alpha value is -0.160. The third-order valence-corrected chi connectivity index (χ3v) is 4.66. The Morgan fingerprint density at radius 3 is 2.92 bits per heavy atom. The van der Waals surface area contributed by atoms with E-state index in [0.717, 1.165) is 12.3 Å². The van der Waals surface area contributed by atoms with Gasteiger partial charge in [-0.15, -0.1) is 0 Å². The van der Waals surface area contributed by atoms with Crippen LogP contribution in [0.1, 0.15) is 39.5 Å². The summed E-state index contributed by atoms with van der Waals surface area (Å²) in [5, 5.41) is 9.53. The van der Waals surface area contributed by atoms with Gasteiger partial charge in [-0.05, 0) is 24.5 Å². The summed E-state index contributed by atoms with van der Waals surface area (Å²) >= 11 is 2.03. The number of nitrogens with zero attached hydrogens (tertiary/aromatic N) is 1. The van der Waals surface area contributed by atoms with E-state index in [4.69, 9.17) is 5.26 Å². The minimum atomic E-state index is 0.342. The summed E-state index contributed by atoms with van der Waals surface area (Å²) in [7, 11) is 0. The number of hydrogen-bond donors (Lipinski definition) is 0. The summed E-state index contributed by atoms with van der Waals surface area (Å²) in [6, 6.07) is 2.43. The molecule has 0 N–H and O–H groups in total. The van der Waals surface area contributed by atoms with Gasteiger partial charge in [-0.1, -0.05) is 26.7 Å². The molecule has 1 aliphatic rings. The van der Waals surface area contributed by atoms with E-state index in [1.807, 2.05) is 11.8 Å². The highest BCUT2D eigenvalue weighted by Crippen LogP contribution is 2.35. The zero-order chi connectivity index (χ0) is 9.68. The Labute approximate surface area is 85.9 Å². The average molecular weight is 197 g/mol. The molecule has 3 unspecified atom stereocenters. The predicted octanol–water partition coefficient (Wildman–Crippen LogP) is 3.46. The zero-order valence-corrected chi connectivity index (χ0v) is 9.44. The first-order valence-electron chi connectivity index (χ1n) is 5.29. The number of thioether (sulfide) groups is 1. The fourth-order valence-electron chi connectivity index (χ4n) is 1.68. The molecule has 0 bridgehead atoms. The predicted molar refractivity (Wildman–Crippen MR) is 58.7 cm³/mol. The lowest BCUT2D eigenvalue weighted by molar-refractivity contribution is 0.632. The molecule has 1 fully saturated rings. The van der Waals surface area contributed by atoms with E-state index in [2.05, 4.69) is 19.9 Å². The lowest BCUT2D eigenvalue weighted by atomic mass is 10.1. The normalized spacial score (nSPS) is 29.9. The van der Waals surface area contributed by atoms with E-state index in [9.17, 15) is 0 Å². The van der Waals surface area contributed by atoms with E-state index in [0.29, 0.717) is 11.2 Å². The van der Waals surface area contributed by atoms with Crippen molar-refractivity contribution in [3.05, 3.63) is 0 Å². The van der Waals surface area contributed by atoms with Gasteiger partial charge in [-0.25, -0.2) is 0 Å². The van der Waals surface area contributed by atoms with Crippen molar-refractivity contribution in [2.24, 2.45) is 11.8 Å². The van der Waals surface area contributed by atoms with Crippen LogP contribution in [0.2, 0.25) is 0 Å². The molecule has 0 aromatic rings. The van der Waals surface area contributed by atoms with Crippen LogP contribution in [0, 0.1) is 23.2 Å². The molecular formula is C11H19NS. The lowest BCUT2D eigenvalue weighted by Gasteiger charge is -2.15. The number of rotatable bonds is 4. The van der Waals surface area contributed by atoms with Crippen molar-refractivity contribution in [3.8, 4) is 6.07 Å². The average Bonchev–Trinajstić information content (AvgIpc) is 2.61. The molecule has 0 radical (unpaired) electrons. The van der Waals surface area contributed by atoms with Gasteiger partial charge in [0.15, 0.2) is 0 Å². The molecule has 0 aromatic heterocycles. The van der Waals surface area contributed by atoms with E-state index < -0.39 is 0 Å². The minimum absolute atomic E-state index is 0.342. The van der Waals surface area contributed by atoms with Crippen molar-refractivity contribution >= 4 is 11.8 Å². The second kappa shape index (κ2) is 5.54. The molecule has 0 spiro atoms. The maximum absolute atomic E-state index is 8.90. The van der Waals surface area contributed by atoms with Gasteiger partial charge in [0.05, 0.1) is 12.0 Å². The van der Waals surface area contributed by atoms with E-state index >= 15 is 0 Å². The second-order valence-electron chi connectivity index (χ2n) is 4.05. The zero-order valence-electron chi connectivity index (χ0n) is 8.62. The molecule has 3 atom stereocenters. The summed E-state index contributed by atoms with van der Waals surface area (Å²) in [6.45, 7) is 4.53. The molecule has 0 saturated heterocycles. The standard InChI is InChI=1S/C11H19NS/c1-3-9(2)8-13-11-6-4-5-10(11)7-12/h9-11H,3-6,8H2,1-2H3. The largest absolute Gasteiger partial charge is 0.198 e. The van der Waals surface area contributed by atoms with Crippen molar-refractivity contribution < 1.29 is 0 Å². The first-order chi connectivity index (χ1) is 6.27. The smallest absolute Gasteiger partial charge is 0.0667 e. The van der Waals surface area contributed by atoms with Crippen LogP contribution in [0.15, 0.2) is 0 Å². The van der Waals surface area contributed by atoms with Crippen molar-refractivity contribution in [2.45, 2.75) is 44.8 Å². The Bertz CT molecular complexity index is 185. The molecule has 74 valence electrons. The fourth-order valence-corrected chi connectivity index (χ4v) is 3.25. The topological polar surface area (TPSA) is 23.8 Å². The SMILES string of the molecule is CCC(C)CSC1CCCC1C#N. The van der Waals surface area contributed by atoms with Crippen LogP contribution >= 0.6 is 11.8 Å². The van der Waals surface area contributed by atoms with Gasteiger partial charge in [0.1, 0.15) is 0 Å². The van der Waals surface area contributed by atoms with Crippen LogP contribution in [0.5, 0.6) is 0 Å². The highest BCUT2D eigenvalue weighted by molar-refractivity contribution is 7.99. The van der Waals surface area contributed by atoms with Crippen LogP contribution in [0.25, 0.3) is 0 Å². The van der Waals surface area contributed by atoms with Crippen LogP contribution in [0.4, 0.5) is 0 Å². The third kappa shape index (κ3) is 3.23. The number of hydrogen-bond acceptors (Lipinski definition) is 2. The van der Waals surface area contributed by atoms with E-state index in [-0.39, 0.29) is 0 Å². The summed E-state index contributed by atoms with van der Waals surface area (Å²) in [5.74, 6) is 2.39. The Kier molecular flexibility index (Phi) is 4.66. The maximum atomic E-state index is 8.90. The molecule has 0 aliphatic heterocycles. The van der Waals surface area contributed by atoms with E-state index in [1.54, 1.807) is 0 Å². The van der Waals surface area contributed by atoms with Crippen LogP contribution in [0.3, 0.4) is 0 Å². The molecule has 0 heterocycles. The van der Waals surface area contributed by atoms with Crippen molar-refractivity contribution in [2.75, 3.05) is 5.75 Å². The van der Waals surface area contributed by atoms with Crippen molar-refractivity contribution in [3.63, 3.8) is 0 Å². The first kappa shape index (κ1) is 10.9. The minimum Gasteiger partial charge on any atom is -0.198 e. The van der Waals surface area contributed by atoms with Crippen molar-refractivity contribution in [1.29, 1.82) is 5.26 Å². The molecule has 1 saturated carbocycles. The highest BCUT2D eigenvalue weighted by Gasteiger charge is 2.27. The summed E-state index contributed by atoms with van der Waals surface area (Å²) in [4.78, 5) is 0. The van der Waals surface area contributed by atoms with Crippen LogP contribution in [-0.2, 0) is 0 Å². The van der Waals surface area contributed by atoms with Crippen molar-refractivity contribution in [1.82, 2.24) is 0 Å². The molecule has 0 aromatic carbocycles. The summed E-state index contributed by atoms with van der Waals surface area (Å²) in [5.41, 5.74) is 0. The monoisotopic (exact) mass is 197 g/mol. The van der Waals surface area contributed by atoms with Crippen LogP contribution < -0.4 is 0 Å². The second-order valence-corrected chi connectivity index (χ2v) is 5.32. The molecule has 0 amide bonds. The first-order valence-corrected chi connectivity index (χ1v) is 6.34. The Morgan fingerprint density at radius 1 is 1.54 bits per heavy atom. The Morgan fingerprint density at radius 2 is 2.31 bits per heavy atom. The van der Waals surface area contributed by atoms with E-state index in [1.165, 1.54) is 25.0 Å². The van der Waals surface area contributed by atoms with Gasteiger partial charge in [-0.3, -0.25) is 0 Å². The molecule has 1 rings (SSSR count). The lowest BCUT2D eigenvalue weighted by Crippen LogP contribution is -2.10. The summed E-state index contributed by atoms with van der Waals surface area (Å²) in [6.07, 6.45) is 4.92. The van der Waals surface area contributed by atoms with Gasteiger partial charge in [0.2, 0.25) is 0 Å². The number of nitriles is 1. The Balaban J connectivity index is 2.24. The summed E-state index contributed by atoms with van der Waals surface area (Å²) < 4.78 is 0. The maximum Gasteiger partial charge on any atom is 0.0667 e. The quantitative estimate of drug-likeness (QED) is 0.689. The van der Waals surface area contributed by atoms with Gasteiger partial charge >= 0.3 is 0 Å². The van der Waals surface area contributed by atoms with Gasteiger partial charge < -0.3 is 0 Å². The molecule has 1 aliphatic carbocycles. The highest BCUT2D eigenvalue weighted by atomic mass is 32.2. The molecule has 2 heteroatoms. The molecular weight excluding hydrogens is 178 g/mol. The third-order valence-electron chi connectivity index (χ3n) is 2.91. The fraction of sp³-hybridized carbons (Fsp3) is 0.909. The van der Waals surface area contributed by atoms with Gasteiger partial charge in [0, 0.05) is 5.25 Å². The van der Waals surface area contributed by atoms with Gasteiger partial charge in [0.25, 0.3) is 0 Å².